The van der Waals surface area contributed by atoms with Gasteiger partial charge in [0.25, 0.3) is 0 Å². The van der Waals surface area contributed by atoms with Crippen LogP contribution in [0.5, 0.6) is 0 Å². The van der Waals surface area contributed by atoms with Crippen molar-refractivity contribution in [2.75, 3.05) is 23.7 Å². The second-order valence-corrected chi connectivity index (χ2v) is 6.37. The van der Waals surface area contributed by atoms with E-state index >= 15 is 0 Å². The van der Waals surface area contributed by atoms with Crippen LogP contribution in [0, 0.1) is 11.8 Å². The molecule has 0 spiro atoms. The van der Waals surface area contributed by atoms with E-state index in [9.17, 15) is 4.79 Å². The van der Waals surface area contributed by atoms with Gasteiger partial charge in [-0.3, -0.25) is 4.79 Å². The Morgan fingerprint density at radius 2 is 1.95 bits per heavy atom. The van der Waals surface area contributed by atoms with Crippen LogP contribution in [0.3, 0.4) is 0 Å². The molecule has 2 fully saturated rings. The maximum Gasteiger partial charge on any atom is 0.161 e. The highest BCUT2D eigenvalue weighted by Gasteiger charge is 2.31. The van der Waals surface area contributed by atoms with Gasteiger partial charge in [0.15, 0.2) is 5.78 Å². The summed E-state index contributed by atoms with van der Waals surface area (Å²) in [6.07, 6.45) is 6.91. The van der Waals surface area contributed by atoms with E-state index in [0.29, 0.717) is 11.3 Å². The van der Waals surface area contributed by atoms with Gasteiger partial charge in [-0.1, -0.05) is 19.3 Å². The molecule has 0 bridgehead atoms. The molecule has 0 amide bonds. The number of carbonyl (C=O) groups excluding carboxylic acids is 1. The lowest BCUT2D eigenvalue weighted by Crippen LogP contribution is -2.41. The van der Waals surface area contributed by atoms with Crippen LogP contribution < -0.4 is 10.6 Å². The molecule has 3 heteroatoms. The number of ketones is 1. The van der Waals surface area contributed by atoms with E-state index < -0.39 is 0 Å². The van der Waals surface area contributed by atoms with E-state index in [1.165, 1.54) is 37.8 Å². The molecule has 1 aliphatic heterocycles. The summed E-state index contributed by atoms with van der Waals surface area (Å²) >= 11 is 0. The lowest BCUT2D eigenvalue weighted by molar-refractivity contribution is 0.101. The van der Waals surface area contributed by atoms with E-state index in [0.717, 1.165) is 24.9 Å². The fourth-order valence-electron chi connectivity index (χ4n) is 3.90. The highest BCUT2D eigenvalue weighted by Crippen LogP contribution is 2.37. The fourth-order valence-corrected chi connectivity index (χ4v) is 3.90. The summed E-state index contributed by atoms with van der Waals surface area (Å²) in [7, 11) is 0. The molecule has 20 heavy (non-hydrogen) atoms. The molecular formula is C17H24N2O. The minimum atomic E-state index is 0.0417. The number of nitrogens with two attached hydrogens (primary N) is 1. The third-order valence-corrected chi connectivity index (χ3v) is 5.07. The average Bonchev–Trinajstić information content (AvgIpc) is 2.46. The van der Waals surface area contributed by atoms with Crippen LogP contribution in [0.15, 0.2) is 18.2 Å². The zero-order valence-corrected chi connectivity index (χ0v) is 12.3. The minimum Gasteiger partial charge on any atom is -0.398 e. The Hall–Kier alpha value is -1.51. The van der Waals surface area contributed by atoms with Crippen molar-refractivity contribution >= 4 is 17.2 Å². The van der Waals surface area contributed by atoms with Crippen LogP contribution >= 0.6 is 0 Å². The van der Waals surface area contributed by atoms with Crippen molar-refractivity contribution in [3.05, 3.63) is 23.8 Å². The highest BCUT2D eigenvalue weighted by atomic mass is 16.1. The molecule has 3 rings (SSSR count). The Balaban J connectivity index is 1.76. The average molecular weight is 272 g/mol. The number of rotatable bonds is 2. The summed E-state index contributed by atoms with van der Waals surface area (Å²) in [4.78, 5) is 13.9. The molecular weight excluding hydrogens is 248 g/mol. The minimum absolute atomic E-state index is 0.0417. The maximum absolute atomic E-state index is 11.4. The third-order valence-electron chi connectivity index (χ3n) is 5.07. The van der Waals surface area contributed by atoms with Gasteiger partial charge in [0.1, 0.15) is 0 Å². The first-order chi connectivity index (χ1) is 9.65. The molecule has 1 aliphatic carbocycles. The first-order valence-corrected chi connectivity index (χ1v) is 7.80. The quantitative estimate of drug-likeness (QED) is 0.662. The smallest absolute Gasteiger partial charge is 0.161 e. The summed E-state index contributed by atoms with van der Waals surface area (Å²) in [5, 5.41) is 0. The number of fused-ring (bicyclic) bond motifs is 1. The van der Waals surface area contributed by atoms with E-state index in [1.54, 1.807) is 6.92 Å². The molecule has 0 radical (unpaired) electrons. The van der Waals surface area contributed by atoms with E-state index in [2.05, 4.69) is 11.0 Å². The van der Waals surface area contributed by atoms with Crippen LogP contribution in [0.4, 0.5) is 11.4 Å². The number of benzene rings is 1. The number of Topliss-reactive ketones (excluding diaryl/α,β-unsaturated/α-hetero) is 1. The molecule has 2 N–H and O–H groups in total. The molecule has 3 nitrogen and oxygen atoms in total. The number of nitrogen functional groups attached to an aromatic ring is 1. The Kier molecular flexibility index (Phi) is 3.68. The van der Waals surface area contributed by atoms with Crippen molar-refractivity contribution in [1.82, 2.24) is 0 Å². The van der Waals surface area contributed by atoms with E-state index in [4.69, 9.17) is 5.73 Å². The molecule has 1 aromatic rings. The van der Waals surface area contributed by atoms with Crippen molar-refractivity contribution in [2.24, 2.45) is 11.8 Å². The summed E-state index contributed by atoms with van der Waals surface area (Å²) in [5.74, 6) is 1.83. The largest absolute Gasteiger partial charge is 0.398 e. The van der Waals surface area contributed by atoms with Crippen molar-refractivity contribution in [1.29, 1.82) is 0 Å². The Morgan fingerprint density at radius 1 is 1.20 bits per heavy atom. The molecule has 2 unspecified atom stereocenters. The van der Waals surface area contributed by atoms with Gasteiger partial charge in [-0.15, -0.1) is 0 Å². The SMILES string of the molecule is CC(=O)c1ccc(N2CCC3CCCCC3C2)cc1N. The van der Waals surface area contributed by atoms with Gasteiger partial charge in [0, 0.05) is 30.0 Å². The molecule has 2 aliphatic rings. The van der Waals surface area contributed by atoms with Crippen LogP contribution in [0.2, 0.25) is 0 Å². The predicted molar refractivity (Wildman–Crippen MR) is 83.1 cm³/mol. The van der Waals surface area contributed by atoms with Gasteiger partial charge in [0.05, 0.1) is 0 Å². The second kappa shape index (κ2) is 5.47. The van der Waals surface area contributed by atoms with Crippen LogP contribution in [-0.4, -0.2) is 18.9 Å². The second-order valence-electron chi connectivity index (χ2n) is 6.37. The van der Waals surface area contributed by atoms with Gasteiger partial charge >= 0.3 is 0 Å². The topological polar surface area (TPSA) is 46.3 Å². The number of hydrogen-bond acceptors (Lipinski definition) is 3. The highest BCUT2D eigenvalue weighted by molar-refractivity contribution is 5.99. The first kappa shape index (κ1) is 13.5. The van der Waals surface area contributed by atoms with Crippen LogP contribution in [0.1, 0.15) is 49.4 Å². The maximum atomic E-state index is 11.4. The zero-order valence-electron chi connectivity index (χ0n) is 12.3. The summed E-state index contributed by atoms with van der Waals surface area (Å²) in [6, 6.07) is 5.90. The van der Waals surface area contributed by atoms with E-state index in [1.807, 2.05) is 12.1 Å². The summed E-state index contributed by atoms with van der Waals surface area (Å²) in [5.41, 5.74) is 8.44. The number of nitrogens with zero attached hydrogens (tertiary/aromatic N) is 1. The van der Waals surface area contributed by atoms with Gasteiger partial charge in [-0.25, -0.2) is 0 Å². The van der Waals surface area contributed by atoms with Crippen molar-refractivity contribution in [2.45, 2.75) is 39.0 Å². The molecule has 1 heterocycles. The summed E-state index contributed by atoms with van der Waals surface area (Å²) < 4.78 is 0. The van der Waals surface area contributed by atoms with Crippen molar-refractivity contribution in [3.63, 3.8) is 0 Å². The van der Waals surface area contributed by atoms with E-state index in [-0.39, 0.29) is 5.78 Å². The van der Waals surface area contributed by atoms with Gasteiger partial charge in [-0.05, 0) is 49.8 Å². The molecule has 0 aromatic heterocycles. The van der Waals surface area contributed by atoms with Gasteiger partial charge in [-0.2, -0.15) is 0 Å². The molecule has 2 atom stereocenters. The standard InChI is InChI=1S/C17H24N2O/c1-12(20)16-7-6-15(10-17(16)18)19-9-8-13-4-2-3-5-14(13)11-19/h6-7,10,13-14H,2-5,8-9,11,18H2,1H3. The Labute approximate surface area is 121 Å². The van der Waals surface area contributed by atoms with Crippen molar-refractivity contribution in [3.8, 4) is 0 Å². The lowest BCUT2D eigenvalue weighted by atomic mass is 9.75. The number of anilines is 2. The summed E-state index contributed by atoms with van der Waals surface area (Å²) in [6.45, 7) is 3.85. The monoisotopic (exact) mass is 272 g/mol. The Morgan fingerprint density at radius 3 is 2.65 bits per heavy atom. The van der Waals surface area contributed by atoms with Gasteiger partial charge in [0.2, 0.25) is 0 Å². The molecule has 108 valence electrons. The number of hydrogen-bond donors (Lipinski definition) is 1. The van der Waals surface area contributed by atoms with Crippen molar-refractivity contribution < 1.29 is 4.79 Å². The third kappa shape index (κ3) is 2.54. The number of carbonyl (C=O) groups is 1. The zero-order chi connectivity index (χ0) is 14.1. The lowest BCUT2D eigenvalue weighted by Gasteiger charge is -2.42. The molecule has 1 saturated carbocycles. The predicted octanol–water partition coefficient (Wildman–Crippen LogP) is 3.49. The number of piperidine rings is 1. The Bertz CT molecular complexity index is 512. The molecule has 1 saturated heterocycles. The first-order valence-electron chi connectivity index (χ1n) is 7.80. The van der Waals surface area contributed by atoms with Crippen LogP contribution in [0.25, 0.3) is 0 Å². The van der Waals surface area contributed by atoms with Crippen LogP contribution in [-0.2, 0) is 0 Å². The van der Waals surface area contributed by atoms with Gasteiger partial charge < -0.3 is 10.6 Å². The normalized spacial score (nSPS) is 26.1. The fraction of sp³-hybridized carbons (Fsp3) is 0.588. The molecule has 1 aromatic carbocycles.